The highest BCUT2D eigenvalue weighted by molar-refractivity contribution is 6.13. The lowest BCUT2D eigenvalue weighted by Gasteiger charge is -2.13. The summed E-state index contributed by atoms with van der Waals surface area (Å²) in [5.74, 6) is -0.371. The van der Waals surface area contributed by atoms with E-state index in [9.17, 15) is 0 Å². The highest BCUT2D eigenvalue weighted by atomic mass is 19.1. The maximum absolute atomic E-state index is 15.8. The van der Waals surface area contributed by atoms with Crippen molar-refractivity contribution in [1.82, 2.24) is 20.3 Å². The second kappa shape index (κ2) is 10.7. The summed E-state index contributed by atoms with van der Waals surface area (Å²) in [6.45, 7) is 7.03. The molecule has 0 saturated carbocycles. The topological polar surface area (TPSA) is 103 Å². The van der Waals surface area contributed by atoms with Crippen LogP contribution in [0.15, 0.2) is 91.2 Å². The average Bonchev–Trinajstić information content (AvgIpc) is 3.32. The van der Waals surface area contributed by atoms with Gasteiger partial charge in [0.1, 0.15) is 11.5 Å². The number of hydrogen-bond acceptors (Lipinski definition) is 5. The van der Waals surface area contributed by atoms with Crippen molar-refractivity contribution in [2.24, 2.45) is 0 Å². The van der Waals surface area contributed by atoms with Gasteiger partial charge in [-0.15, -0.1) is 0 Å². The fourth-order valence-electron chi connectivity index (χ4n) is 3.80. The first-order valence-corrected chi connectivity index (χ1v) is 11.2. The number of benzene rings is 2. The van der Waals surface area contributed by atoms with Crippen LogP contribution in [0.4, 0.5) is 10.1 Å². The van der Waals surface area contributed by atoms with Gasteiger partial charge in [0.25, 0.3) is 0 Å². The maximum atomic E-state index is 15.8. The monoisotopic (exact) mass is 466 g/mol. The number of nitrogens with two attached hydrogens (primary N) is 1. The number of nitrogens with one attached hydrogen (secondary N) is 3. The Morgan fingerprint density at radius 2 is 1.97 bits per heavy atom. The molecule has 0 aliphatic heterocycles. The van der Waals surface area contributed by atoms with Gasteiger partial charge in [-0.05, 0) is 47.9 Å². The van der Waals surface area contributed by atoms with Crippen LogP contribution in [-0.2, 0) is 6.54 Å². The lowest BCUT2D eigenvalue weighted by atomic mass is 9.96. The van der Waals surface area contributed by atoms with Gasteiger partial charge in [0.2, 0.25) is 0 Å². The zero-order valence-electron chi connectivity index (χ0n) is 19.5. The average molecular weight is 467 g/mol. The minimum atomic E-state index is -0.576. The van der Waals surface area contributed by atoms with Crippen molar-refractivity contribution in [1.29, 1.82) is 5.41 Å². The van der Waals surface area contributed by atoms with Gasteiger partial charge in [-0.3, -0.25) is 5.41 Å². The lowest BCUT2D eigenvalue weighted by Crippen LogP contribution is -2.16. The van der Waals surface area contributed by atoms with Crippen molar-refractivity contribution in [3.63, 3.8) is 0 Å². The van der Waals surface area contributed by atoms with Crippen LogP contribution >= 0.6 is 0 Å². The number of imidazole rings is 1. The second-order valence-corrected chi connectivity index (χ2v) is 7.98. The molecular weight excluding hydrogens is 439 g/mol. The molecule has 0 bridgehead atoms. The quantitative estimate of drug-likeness (QED) is 0.151. The Hall–Kier alpha value is -4.36. The summed E-state index contributed by atoms with van der Waals surface area (Å²) in [6, 6.07) is 16.9. The molecule has 0 atom stereocenters. The highest BCUT2D eigenvalue weighted by Gasteiger charge is 2.21. The molecule has 6 nitrogen and oxygen atoms in total. The van der Waals surface area contributed by atoms with E-state index in [1.807, 2.05) is 37.3 Å². The number of pyridine rings is 1. The van der Waals surface area contributed by atoms with Gasteiger partial charge in [-0.25, -0.2) is 14.4 Å². The van der Waals surface area contributed by atoms with E-state index in [2.05, 4.69) is 39.0 Å². The van der Waals surface area contributed by atoms with Crippen LogP contribution < -0.4 is 11.1 Å². The van der Waals surface area contributed by atoms with Gasteiger partial charge in [0, 0.05) is 30.5 Å². The molecule has 0 fully saturated rings. The summed E-state index contributed by atoms with van der Waals surface area (Å²) < 4.78 is 15.8. The summed E-state index contributed by atoms with van der Waals surface area (Å²) in [4.78, 5) is 11.5. The Bertz CT molecular complexity index is 1400. The first-order valence-electron chi connectivity index (χ1n) is 11.2. The molecule has 0 aliphatic rings. The van der Waals surface area contributed by atoms with Crippen LogP contribution in [0.2, 0.25) is 0 Å². The summed E-state index contributed by atoms with van der Waals surface area (Å²) in [5, 5.41) is 12.0. The molecule has 2 aromatic heterocycles. The molecule has 0 spiro atoms. The second-order valence-electron chi connectivity index (χ2n) is 7.98. The molecule has 5 N–H and O–H groups in total. The zero-order valence-corrected chi connectivity index (χ0v) is 19.5. The summed E-state index contributed by atoms with van der Waals surface area (Å²) in [7, 11) is 0. The smallest absolute Gasteiger partial charge is 0.178 e. The van der Waals surface area contributed by atoms with Gasteiger partial charge in [-0.2, -0.15) is 0 Å². The number of hydrogen-bond donors (Lipinski definition) is 4. The molecule has 0 amide bonds. The third-order valence-electron chi connectivity index (χ3n) is 5.64. The molecular formula is C28H27FN6. The molecule has 2 aromatic carbocycles. The van der Waals surface area contributed by atoms with E-state index in [-0.39, 0.29) is 22.8 Å². The SMILES string of the molecule is C=C/C(=C\C(=C/C)c1ccc(N)c(C(=N)c2nc3ncccc3[nH]2)c1F)CNCc1ccccc1. The molecule has 0 saturated heterocycles. The summed E-state index contributed by atoms with van der Waals surface area (Å²) >= 11 is 0. The van der Waals surface area contributed by atoms with Crippen LogP contribution in [0.5, 0.6) is 0 Å². The van der Waals surface area contributed by atoms with Gasteiger partial charge < -0.3 is 16.0 Å². The van der Waals surface area contributed by atoms with Crippen molar-refractivity contribution in [2.75, 3.05) is 12.3 Å². The van der Waals surface area contributed by atoms with Crippen molar-refractivity contribution in [3.8, 4) is 0 Å². The number of nitrogens with zero attached hydrogens (tertiary/aromatic N) is 2. The molecule has 0 radical (unpaired) electrons. The van der Waals surface area contributed by atoms with Crippen LogP contribution in [0.25, 0.3) is 16.7 Å². The molecule has 4 rings (SSSR count). The fourth-order valence-corrected chi connectivity index (χ4v) is 3.80. The Morgan fingerprint density at radius 3 is 2.69 bits per heavy atom. The molecule has 0 unspecified atom stereocenters. The van der Waals surface area contributed by atoms with Crippen molar-refractivity contribution < 1.29 is 4.39 Å². The number of allylic oxidation sites excluding steroid dienone is 3. The number of anilines is 1. The Morgan fingerprint density at radius 1 is 1.17 bits per heavy atom. The van der Waals surface area contributed by atoms with Crippen molar-refractivity contribution in [2.45, 2.75) is 13.5 Å². The van der Waals surface area contributed by atoms with E-state index < -0.39 is 5.82 Å². The van der Waals surface area contributed by atoms with E-state index in [0.717, 1.165) is 5.57 Å². The number of rotatable bonds is 9. The van der Waals surface area contributed by atoms with Crippen LogP contribution in [0.3, 0.4) is 0 Å². The summed E-state index contributed by atoms with van der Waals surface area (Å²) in [6.07, 6.45) is 7.08. The first kappa shape index (κ1) is 23.8. The highest BCUT2D eigenvalue weighted by Crippen LogP contribution is 2.29. The Kier molecular flexibility index (Phi) is 7.28. The number of nitrogen functional groups attached to an aromatic ring is 1. The largest absolute Gasteiger partial charge is 0.398 e. The number of aromatic nitrogens is 3. The minimum absolute atomic E-state index is 0.00309. The van der Waals surface area contributed by atoms with Crippen LogP contribution in [-0.4, -0.2) is 27.2 Å². The van der Waals surface area contributed by atoms with E-state index in [0.29, 0.717) is 35.4 Å². The van der Waals surface area contributed by atoms with E-state index in [1.165, 1.54) is 5.56 Å². The third kappa shape index (κ3) is 5.26. The lowest BCUT2D eigenvalue weighted by molar-refractivity contribution is 0.622. The predicted molar refractivity (Wildman–Crippen MR) is 141 cm³/mol. The van der Waals surface area contributed by atoms with Gasteiger partial charge in [0.05, 0.1) is 11.1 Å². The number of aromatic amines is 1. The molecule has 2 heterocycles. The first-order chi connectivity index (χ1) is 17.0. The van der Waals surface area contributed by atoms with Crippen LogP contribution in [0.1, 0.15) is 29.4 Å². The Labute approximate surface area is 203 Å². The van der Waals surface area contributed by atoms with Gasteiger partial charge in [0.15, 0.2) is 11.5 Å². The molecule has 7 heteroatoms. The maximum Gasteiger partial charge on any atom is 0.178 e. The molecule has 35 heavy (non-hydrogen) atoms. The molecule has 0 aliphatic carbocycles. The van der Waals surface area contributed by atoms with Crippen molar-refractivity contribution in [3.05, 3.63) is 120 Å². The fraction of sp³-hybridized carbons (Fsp3) is 0.107. The molecule has 4 aromatic rings. The number of fused-ring (bicyclic) bond motifs is 1. The zero-order chi connectivity index (χ0) is 24.8. The van der Waals surface area contributed by atoms with Gasteiger partial charge in [-0.1, -0.05) is 55.1 Å². The normalized spacial score (nSPS) is 12.2. The number of halogens is 1. The summed E-state index contributed by atoms with van der Waals surface area (Å²) in [5.41, 5.74) is 10.4. The predicted octanol–water partition coefficient (Wildman–Crippen LogP) is 5.40. The van der Waals surface area contributed by atoms with E-state index in [4.69, 9.17) is 11.1 Å². The Balaban J connectivity index is 1.61. The van der Waals surface area contributed by atoms with E-state index >= 15 is 4.39 Å². The number of H-pyrrole nitrogens is 1. The third-order valence-corrected chi connectivity index (χ3v) is 5.64. The van der Waals surface area contributed by atoms with Crippen LogP contribution in [0, 0.1) is 11.2 Å². The van der Waals surface area contributed by atoms with Gasteiger partial charge >= 0.3 is 0 Å². The molecule has 176 valence electrons. The van der Waals surface area contributed by atoms with E-state index in [1.54, 1.807) is 36.5 Å². The minimum Gasteiger partial charge on any atom is -0.398 e. The van der Waals surface area contributed by atoms with Crippen molar-refractivity contribution >= 4 is 28.1 Å². The standard InChI is InChI=1S/C28H27FN6/c1-3-18(16-32-17-19-9-6-5-7-10-19)15-20(4-2)21-12-13-22(30)24(25(21)29)26(31)28-34-23-11-8-14-33-27(23)35-28/h3-15,31-32H,1,16-17,30H2,2H3,(H,33,34,35)/b18-15+,20-4+,31-26?.